The largest absolute Gasteiger partial charge is 0.444 e. The van der Waals surface area contributed by atoms with Crippen LogP contribution in [0.3, 0.4) is 0 Å². The minimum absolute atomic E-state index is 0.169. The first-order valence-electron chi connectivity index (χ1n) is 8.45. The quantitative estimate of drug-likeness (QED) is 0.655. The zero-order valence-corrected chi connectivity index (χ0v) is 15.6. The van der Waals surface area contributed by atoms with Crippen LogP contribution in [0.1, 0.15) is 39.2 Å². The molecule has 1 aromatic carbocycles. The van der Waals surface area contributed by atoms with Crippen molar-refractivity contribution >= 4 is 17.7 Å². The highest BCUT2D eigenvalue weighted by molar-refractivity contribution is 5.85. The summed E-state index contributed by atoms with van der Waals surface area (Å²) in [6, 6.07) is 12.7. The Morgan fingerprint density at radius 1 is 1.08 bits per heavy atom. The molecule has 1 unspecified atom stereocenters. The SMILES string of the molecule is CC(C(=O)OC[n+]1ccccc1)c1ccc(NC(=O)OC(C)(C)C)cc1. The Bertz CT molecular complexity index is 737. The number of benzene rings is 1. The third kappa shape index (κ3) is 6.20. The molecule has 0 radical (unpaired) electrons. The molecule has 1 atom stereocenters. The van der Waals surface area contributed by atoms with Crippen molar-refractivity contribution in [3.05, 3.63) is 60.4 Å². The Morgan fingerprint density at radius 3 is 2.27 bits per heavy atom. The van der Waals surface area contributed by atoms with Crippen molar-refractivity contribution < 1.29 is 23.6 Å². The zero-order chi connectivity index (χ0) is 19.2. The second kappa shape index (κ2) is 8.47. The van der Waals surface area contributed by atoms with Crippen LogP contribution in [0.15, 0.2) is 54.9 Å². The topological polar surface area (TPSA) is 68.5 Å². The fourth-order valence-electron chi connectivity index (χ4n) is 2.20. The number of rotatable bonds is 5. The van der Waals surface area contributed by atoms with Gasteiger partial charge in [-0.3, -0.25) is 10.1 Å². The number of carbonyl (C=O) groups is 2. The highest BCUT2D eigenvalue weighted by Crippen LogP contribution is 2.20. The number of esters is 1. The van der Waals surface area contributed by atoms with Crippen molar-refractivity contribution in [1.82, 2.24) is 0 Å². The molecule has 0 aliphatic carbocycles. The zero-order valence-electron chi connectivity index (χ0n) is 15.6. The number of ether oxygens (including phenoxy) is 2. The van der Waals surface area contributed by atoms with Gasteiger partial charge in [0.1, 0.15) is 5.60 Å². The molecule has 0 bridgehead atoms. The molecule has 0 saturated heterocycles. The molecule has 0 aliphatic rings. The van der Waals surface area contributed by atoms with E-state index < -0.39 is 17.6 Å². The summed E-state index contributed by atoms with van der Waals surface area (Å²) >= 11 is 0. The number of amides is 1. The Kier molecular flexibility index (Phi) is 6.33. The lowest BCUT2D eigenvalue weighted by Gasteiger charge is -2.19. The molecule has 0 saturated carbocycles. The minimum Gasteiger partial charge on any atom is -0.444 e. The Labute approximate surface area is 153 Å². The van der Waals surface area contributed by atoms with E-state index in [1.807, 2.05) is 30.6 Å². The van der Waals surface area contributed by atoms with Gasteiger partial charge >= 0.3 is 12.1 Å². The normalized spacial score (nSPS) is 12.2. The van der Waals surface area contributed by atoms with Gasteiger partial charge in [0, 0.05) is 17.8 Å². The molecular formula is C20H25N2O4+. The van der Waals surface area contributed by atoms with E-state index in [0.29, 0.717) is 5.69 Å². The number of aromatic nitrogens is 1. The van der Waals surface area contributed by atoms with Gasteiger partial charge in [0.15, 0.2) is 12.4 Å². The predicted molar refractivity (Wildman–Crippen MR) is 97.4 cm³/mol. The minimum atomic E-state index is -0.556. The molecule has 6 heteroatoms. The molecule has 0 fully saturated rings. The number of hydrogen-bond donors (Lipinski definition) is 1. The van der Waals surface area contributed by atoms with Crippen molar-refractivity contribution in [3.63, 3.8) is 0 Å². The van der Waals surface area contributed by atoms with Crippen molar-refractivity contribution in [1.29, 1.82) is 0 Å². The Hall–Kier alpha value is -2.89. The van der Waals surface area contributed by atoms with E-state index in [4.69, 9.17) is 9.47 Å². The Morgan fingerprint density at radius 2 is 1.69 bits per heavy atom. The van der Waals surface area contributed by atoms with Gasteiger partial charge in [-0.1, -0.05) is 18.2 Å². The van der Waals surface area contributed by atoms with Crippen molar-refractivity contribution in [2.75, 3.05) is 5.32 Å². The first-order valence-corrected chi connectivity index (χ1v) is 8.45. The number of hydrogen-bond acceptors (Lipinski definition) is 4. The fraction of sp³-hybridized carbons (Fsp3) is 0.350. The first-order chi connectivity index (χ1) is 12.2. The molecule has 1 aromatic heterocycles. The number of carbonyl (C=O) groups excluding carboxylic acids is 2. The van der Waals surface area contributed by atoms with Crippen molar-refractivity contribution in [3.8, 4) is 0 Å². The van der Waals surface area contributed by atoms with Crippen LogP contribution < -0.4 is 9.88 Å². The smallest absolute Gasteiger partial charge is 0.412 e. The van der Waals surface area contributed by atoms with Gasteiger partial charge in [-0.2, -0.15) is 4.57 Å². The van der Waals surface area contributed by atoms with E-state index in [2.05, 4.69) is 5.32 Å². The molecule has 1 amide bonds. The maximum Gasteiger partial charge on any atom is 0.412 e. The molecule has 1 N–H and O–H groups in total. The molecule has 2 aromatic rings. The third-order valence-electron chi connectivity index (χ3n) is 3.54. The summed E-state index contributed by atoms with van der Waals surface area (Å²) in [7, 11) is 0. The van der Waals surface area contributed by atoms with Gasteiger partial charge < -0.3 is 9.47 Å². The molecule has 6 nitrogen and oxygen atoms in total. The summed E-state index contributed by atoms with van der Waals surface area (Å²) in [5.74, 6) is -0.718. The summed E-state index contributed by atoms with van der Waals surface area (Å²) in [4.78, 5) is 24.0. The van der Waals surface area contributed by atoms with Crippen LogP contribution in [0.5, 0.6) is 0 Å². The van der Waals surface area contributed by atoms with Crippen LogP contribution in [-0.4, -0.2) is 17.7 Å². The van der Waals surface area contributed by atoms with Crippen molar-refractivity contribution in [2.45, 2.75) is 45.9 Å². The van der Waals surface area contributed by atoms with E-state index >= 15 is 0 Å². The molecule has 26 heavy (non-hydrogen) atoms. The summed E-state index contributed by atoms with van der Waals surface area (Å²) < 4.78 is 12.3. The standard InChI is InChI=1S/C20H24N2O4/c1-15(18(23)25-14-22-12-6-5-7-13-22)16-8-10-17(11-9-16)21-19(24)26-20(2,3)4/h5-13,15H,14H2,1-4H3/p+1. The van der Waals surface area contributed by atoms with Gasteiger partial charge in [-0.15, -0.1) is 0 Å². The number of anilines is 1. The van der Waals surface area contributed by atoms with Crippen LogP contribution in [-0.2, 0) is 21.0 Å². The van der Waals surface area contributed by atoms with Gasteiger partial charge in [-0.05, 0) is 45.4 Å². The van der Waals surface area contributed by atoms with Crippen LogP contribution in [0.25, 0.3) is 0 Å². The second-order valence-corrected chi connectivity index (χ2v) is 6.95. The van der Waals surface area contributed by atoms with Gasteiger partial charge in [0.2, 0.25) is 0 Å². The highest BCUT2D eigenvalue weighted by atomic mass is 16.6. The van der Waals surface area contributed by atoms with E-state index in [-0.39, 0.29) is 12.7 Å². The van der Waals surface area contributed by atoms with E-state index in [1.54, 1.807) is 56.5 Å². The molecule has 0 aliphatic heterocycles. The predicted octanol–water partition coefficient (Wildman–Crippen LogP) is 3.63. The molecule has 1 heterocycles. The van der Waals surface area contributed by atoms with Crippen LogP contribution in [0.4, 0.5) is 10.5 Å². The Balaban J connectivity index is 1.90. The average Bonchev–Trinajstić information content (AvgIpc) is 2.59. The lowest BCUT2D eigenvalue weighted by Crippen LogP contribution is -2.35. The third-order valence-corrected chi connectivity index (χ3v) is 3.54. The van der Waals surface area contributed by atoms with Gasteiger partial charge in [-0.25, -0.2) is 4.79 Å². The van der Waals surface area contributed by atoms with Crippen LogP contribution in [0.2, 0.25) is 0 Å². The average molecular weight is 357 g/mol. The number of pyridine rings is 1. The lowest BCUT2D eigenvalue weighted by molar-refractivity contribution is -0.727. The van der Waals surface area contributed by atoms with Gasteiger partial charge in [0.25, 0.3) is 6.73 Å². The lowest BCUT2D eigenvalue weighted by atomic mass is 10.0. The number of nitrogens with one attached hydrogen (secondary N) is 1. The van der Waals surface area contributed by atoms with Crippen LogP contribution in [0, 0.1) is 0 Å². The maximum atomic E-state index is 12.2. The molecular weight excluding hydrogens is 332 g/mol. The molecule has 138 valence electrons. The maximum absolute atomic E-state index is 12.2. The van der Waals surface area contributed by atoms with E-state index in [1.165, 1.54) is 0 Å². The first kappa shape index (κ1) is 19.4. The summed E-state index contributed by atoms with van der Waals surface area (Å²) in [6.45, 7) is 7.36. The number of nitrogens with zero attached hydrogens (tertiary/aromatic N) is 1. The van der Waals surface area contributed by atoms with Crippen LogP contribution >= 0.6 is 0 Å². The highest BCUT2D eigenvalue weighted by Gasteiger charge is 2.19. The van der Waals surface area contributed by atoms with E-state index in [0.717, 1.165) is 5.56 Å². The second-order valence-electron chi connectivity index (χ2n) is 6.95. The molecule has 2 rings (SSSR count). The fourth-order valence-corrected chi connectivity index (χ4v) is 2.20. The summed E-state index contributed by atoms with van der Waals surface area (Å²) in [5.41, 5.74) is 0.852. The van der Waals surface area contributed by atoms with Gasteiger partial charge in [0.05, 0.1) is 5.92 Å². The summed E-state index contributed by atoms with van der Waals surface area (Å²) in [6.07, 6.45) is 3.14. The monoisotopic (exact) mass is 357 g/mol. The van der Waals surface area contributed by atoms with E-state index in [9.17, 15) is 9.59 Å². The van der Waals surface area contributed by atoms with Crippen molar-refractivity contribution in [2.24, 2.45) is 0 Å². The summed E-state index contributed by atoms with van der Waals surface area (Å²) in [5, 5.41) is 2.66. The molecule has 0 spiro atoms.